The summed E-state index contributed by atoms with van der Waals surface area (Å²) in [4.78, 5) is 0. The summed E-state index contributed by atoms with van der Waals surface area (Å²) in [7, 11) is 0. The molecule has 0 fully saturated rings. The molecule has 110 valence electrons. The second-order valence-electron chi connectivity index (χ2n) is 4.94. The van der Waals surface area contributed by atoms with Crippen LogP contribution in [0.3, 0.4) is 0 Å². The molecule has 3 rings (SSSR count). The summed E-state index contributed by atoms with van der Waals surface area (Å²) in [6, 6.07) is 12.3. The minimum absolute atomic E-state index is 0.227. The number of hydrogen-bond acceptors (Lipinski definition) is 3. The summed E-state index contributed by atoms with van der Waals surface area (Å²) >= 11 is 9.77. The fourth-order valence-corrected chi connectivity index (χ4v) is 3.25. The Balaban J connectivity index is 1.71. The second-order valence-corrected chi connectivity index (χ2v) is 6.20. The minimum Gasteiger partial charge on any atom is -0.454 e. The lowest BCUT2D eigenvalue weighted by atomic mass is 10.1. The zero-order valence-electron chi connectivity index (χ0n) is 11.5. The highest BCUT2D eigenvalue weighted by Crippen LogP contribution is 2.39. The highest BCUT2D eigenvalue weighted by Gasteiger charge is 2.18. The molecule has 1 aliphatic rings. The zero-order chi connectivity index (χ0) is 14.8. The largest absolute Gasteiger partial charge is 0.454 e. The van der Waals surface area contributed by atoms with E-state index in [4.69, 9.17) is 21.1 Å². The zero-order valence-corrected chi connectivity index (χ0v) is 13.9. The summed E-state index contributed by atoms with van der Waals surface area (Å²) in [5.74, 6) is 1.35. The Labute approximate surface area is 137 Å². The fourth-order valence-electron chi connectivity index (χ4n) is 2.33. The molecule has 0 amide bonds. The Kier molecular flexibility index (Phi) is 4.38. The Morgan fingerprint density at radius 1 is 1.29 bits per heavy atom. The Bertz CT molecular complexity index is 663. The molecule has 1 atom stereocenters. The highest BCUT2D eigenvalue weighted by atomic mass is 79.9. The number of benzene rings is 2. The van der Waals surface area contributed by atoms with E-state index in [2.05, 4.69) is 34.2 Å². The maximum absolute atomic E-state index is 6.19. The summed E-state index contributed by atoms with van der Waals surface area (Å²) in [5, 5.41) is 4.08. The maximum Gasteiger partial charge on any atom is 0.231 e. The van der Waals surface area contributed by atoms with Crippen LogP contribution in [-0.2, 0) is 6.54 Å². The van der Waals surface area contributed by atoms with E-state index in [0.717, 1.165) is 10.0 Å². The summed E-state index contributed by atoms with van der Waals surface area (Å²) in [6.45, 7) is 3.08. The highest BCUT2D eigenvalue weighted by molar-refractivity contribution is 9.10. The van der Waals surface area contributed by atoms with Gasteiger partial charge in [0, 0.05) is 17.1 Å². The van der Waals surface area contributed by atoms with Crippen molar-refractivity contribution in [2.75, 3.05) is 6.79 Å². The number of hydrogen-bond donors (Lipinski definition) is 1. The van der Waals surface area contributed by atoms with Gasteiger partial charge in [0.25, 0.3) is 0 Å². The first-order chi connectivity index (χ1) is 10.1. The number of fused-ring (bicyclic) bond motifs is 1. The summed E-state index contributed by atoms with van der Waals surface area (Å²) in [6.07, 6.45) is 0. The Morgan fingerprint density at radius 3 is 2.90 bits per heavy atom. The van der Waals surface area contributed by atoms with Crippen LogP contribution in [0.1, 0.15) is 24.1 Å². The normalized spacial score (nSPS) is 14.2. The summed E-state index contributed by atoms with van der Waals surface area (Å²) in [5.41, 5.74) is 2.30. The van der Waals surface area contributed by atoms with Crippen LogP contribution in [0.5, 0.6) is 11.5 Å². The van der Waals surface area contributed by atoms with Gasteiger partial charge < -0.3 is 14.8 Å². The molecule has 21 heavy (non-hydrogen) atoms. The lowest BCUT2D eigenvalue weighted by molar-refractivity contribution is 0.174. The molecule has 0 bridgehead atoms. The van der Waals surface area contributed by atoms with E-state index < -0.39 is 0 Å². The van der Waals surface area contributed by atoms with Gasteiger partial charge >= 0.3 is 0 Å². The van der Waals surface area contributed by atoms with Crippen molar-refractivity contribution in [3.63, 3.8) is 0 Å². The van der Waals surface area contributed by atoms with Crippen molar-refractivity contribution in [1.82, 2.24) is 5.32 Å². The van der Waals surface area contributed by atoms with Crippen molar-refractivity contribution >= 4 is 27.5 Å². The van der Waals surface area contributed by atoms with Gasteiger partial charge in [-0.1, -0.05) is 45.7 Å². The third-order valence-corrected chi connectivity index (χ3v) is 4.47. The van der Waals surface area contributed by atoms with Gasteiger partial charge in [-0.25, -0.2) is 0 Å². The maximum atomic E-state index is 6.19. The molecule has 0 aromatic heterocycles. The fraction of sp³-hybridized carbons (Fsp3) is 0.250. The average molecular weight is 369 g/mol. The molecule has 0 saturated heterocycles. The van der Waals surface area contributed by atoms with Gasteiger partial charge in [-0.05, 0) is 36.2 Å². The van der Waals surface area contributed by atoms with E-state index >= 15 is 0 Å². The third kappa shape index (κ3) is 3.18. The second kappa shape index (κ2) is 6.26. The lowest BCUT2D eigenvalue weighted by Crippen LogP contribution is -2.18. The molecule has 0 radical (unpaired) electrons. The van der Waals surface area contributed by atoms with Crippen LogP contribution in [0.25, 0.3) is 0 Å². The Morgan fingerprint density at radius 2 is 2.10 bits per heavy atom. The molecule has 0 aliphatic carbocycles. The van der Waals surface area contributed by atoms with Gasteiger partial charge in [-0.15, -0.1) is 0 Å². The molecule has 1 N–H and O–H groups in total. The van der Waals surface area contributed by atoms with Crippen LogP contribution in [0, 0.1) is 0 Å². The predicted octanol–water partition coefficient (Wildman–Crippen LogP) is 4.68. The van der Waals surface area contributed by atoms with Crippen LogP contribution >= 0.6 is 27.5 Å². The molecule has 5 heteroatoms. The molecule has 2 aromatic rings. The van der Waals surface area contributed by atoms with Crippen LogP contribution in [-0.4, -0.2) is 6.79 Å². The molecule has 1 aliphatic heterocycles. The van der Waals surface area contributed by atoms with Crippen molar-refractivity contribution < 1.29 is 9.47 Å². The summed E-state index contributed by atoms with van der Waals surface area (Å²) < 4.78 is 11.8. The van der Waals surface area contributed by atoms with Gasteiger partial charge in [0.1, 0.15) is 0 Å². The average Bonchev–Trinajstić information content (AvgIpc) is 2.94. The molecular weight excluding hydrogens is 354 g/mol. The van der Waals surface area contributed by atoms with Crippen LogP contribution < -0.4 is 14.8 Å². The standard InChI is InChI=1S/C16H15BrClNO2/c1-10(12-4-2-3-5-13(12)17)19-8-11-6-14(18)16-15(7-11)20-9-21-16/h2-7,10,19H,8-9H2,1H3/t10-/m0/s1. The first kappa shape index (κ1) is 14.7. The third-order valence-electron chi connectivity index (χ3n) is 3.47. The molecular formula is C16H15BrClNO2. The number of rotatable bonds is 4. The van der Waals surface area contributed by atoms with E-state index in [1.54, 1.807) is 0 Å². The first-order valence-corrected chi connectivity index (χ1v) is 7.88. The molecule has 0 unspecified atom stereocenters. The van der Waals surface area contributed by atoms with Gasteiger partial charge in [0.15, 0.2) is 11.5 Å². The van der Waals surface area contributed by atoms with Gasteiger partial charge in [0.2, 0.25) is 6.79 Å². The topological polar surface area (TPSA) is 30.5 Å². The van der Waals surface area contributed by atoms with Crippen molar-refractivity contribution in [1.29, 1.82) is 0 Å². The Hall–Kier alpha value is -1.23. The predicted molar refractivity (Wildman–Crippen MR) is 87.0 cm³/mol. The number of halogens is 2. The first-order valence-electron chi connectivity index (χ1n) is 6.71. The van der Waals surface area contributed by atoms with E-state index in [1.165, 1.54) is 5.56 Å². The number of nitrogens with one attached hydrogen (secondary N) is 1. The molecule has 1 heterocycles. The SMILES string of the molecule is C[C@H](NCc1cc(Cl)c2c(c1)OCO2)c1ccccc1Br. The van der Waals surface area contributed by atoms with Crippen molar-refractivity contribution in [2.24, 2.45) is 0 Å². The van der Waals surface area contributed by atoms with Crippen LogP contribution in [0.15, 0.2) is 40.9 Å². The van der Waals surface area contributed by atoms with Gasteiger partial charge in [0.05, 0.1) is 5.02 Å². The van der Waals surface area contributed by atoms with E-state index in [9.17, 15) is 0 Å². The molecule has 3 nitrogen and oxygen atoms in total. The molecule has 0 spiro atoms. The van der Waals surface area contributed by atoms with Gasteiger partial charge in [-0.3, -0.25) is 0 Å². The monoisotopic (exact) mass is 367 g/mol. The van der Waals surface area contributed by atoms with Crippen molar-refractivity contribution in [2.45, 2.75) is 19.5 Å². The molecule has 2 aromatic carbocycles. The van der Waals surface area contributed by atoms with Crippen LogP contribution in [0.2, 0.25) is 5.02 Å². The van der Waals surface area contributed by atoms with E-state index in [1.807, 2.05) is 30.3 Å². The van der Waals surface area contributed by atoms with Gasteiger partial charge in [-0.2, -0.15) is 0 Å². The lowest BCUT2D eigenvalue weighted by Gasteiger charge is -2.16. The van der Waals surface area contributed by atoms with Crippen molar-refractivity contribution in [3.05, 3.63) is 57.0 Å². The quantitative estimate of drug-likeness (QED) is 0.850. The number of ether oxygens (including phenoxy) is 2. The molecule has 0 saturated carbocycles. The van der Waals surface area contributed by atoms with Crippen molar-refractivity contribution in [3.8, 4) is 11.5 Å². The van der Waals surface area contributed by atoms with E-state index in [0.29, 0.717) is 23.1 Å². The smallest absolute Gasteiger partial charge is 0.231 e. The minimum atomic E-state index is 0.227. The van der Waals surface area contributed by atoms with Crippen LogP contribution in [0.4, 0.5) is 0 Å². The van der Waals surface area contributed by atoms with E-state index in [-0.39, 0.29) is 12.8 Å².